The first-order valence-corrected chi connectivity index (χ1v) is 9.03. The van der Waals surface area contributed by atoms with E-state index in [1.54, 1.807) is 31.4 Å². The minimum absolute atomic E-state index is 0.152. The summed E-state index contributed by atoms with van der Waals surface area (Å²) in [7, 11) is 0. The summed E-state index contributed by atoms with van der Waals surface area (Å²) in [6, 6.07) is 6.11. The topological polar surface area (TPSA) is 64.2 Å². The lowest BCUT2D eigenvalue weighted by atomic mass is 10.1. The van der Waals surface area contributed by atoms with Crippen LogP contribution in [0.1, 0.15) is 36.3 Å². The number of aromatic nitrogens is 3. The molecule has 3 heterocycles. The molecule has 0 bridgehead atoms. The number of benzene rings is 1. The third kappa shape index (κ3) is 3.66. The van der Waals surface area contributed by atoms with Crippen molar-refractivity contribution in [2.24, 2.45) is 0 Å². The van der Waals surface area contributed by atoms with Gasteiger partial charge in [-0.2, -0.15) is 13.2 Å². The van der Waals surface area contributed by atoms with Gasteiger partial charge in [0.2, 0.25) is 0 Å². The summed E-state index contributed by atoms with van der Waals surface area (Å²) < 4.78 is 45.6. The molecule has 0 amide bonds. The first-order valence-electron chi connectivity index (χ1n) is 9.03. The highest BCUT2D eigenvalue weighted by atomic mass is 19.4. The van der Waals surface area contributed by atoms with Crippen molar-refractivity contribution >= 4 is 10.9 Å². The van der Waals surface area contributed by atoms with E-state index in [-0.39, 0.29) is 11.2 Å². The molecule has 0 spiro atoms. The van der Waals surface area contributed by atoms with Crippen LogP contribution in [0.2, 0.25) is 0 Å². The van der Waals surface area contributed by atoms with Crippen molar-refractivity contribution in [3.63, 3.8) is 0 Å². The lowest BCUT2D eigenvalue weighted by Gasteiger charge is -2.26. The van der Waals surface area contributed by atoms with Crippen LogP contribution in [-0.4, -0.2) is 32.2 Å². The molecule has 1 aromatic carbocycles. The molecule has 2 aromatic heterocycles. The van der Waals surface area contributed by atoms with Gasteiger partial charge in [-0.05, 0) is 31.5 Å². The third-order valence-electron chi connectivity index (χ3n) is 4.92. The normalized spacial score (nSPS) is 18.2. The maximum atomic E-state index is 13.2. The maximum absolute atomic E-state index is 13.2. The van der Waals surface area contributed by atoms with Gasteiger partial charge in [0, 0.05) is 13.5 Å². The van der Waals surface area contributed by atoms with E-state index in [1.165, 1.54) is 6.07 Å². The number of hydrogen-bond donors (Lipinski definition) is 0. The van der Waals surface area contributed by atoms with Gasteiger partial charge in [-0.15, -0.1) is 0 Å². The number of rotatable bonds is 4. The molecule has 1 aliphatic rings. The van der Waals surface area contributed by atoms with E-state index in [4.69, 9.17) is 4.42 Å². The monoisotopic (exact) mass is 392 g/mol. The quantitative estimate of drug-likeness (QED) is 0.679. The second kappa shape index (κ2) is 7.05. The molecule has 1 saturated heterocycles. The van der Waals surface area contributed by atoms with Gasteiger partial charge in [0.1, 0.15) is 18.6 Å². The number of halogens is 3. The van der Waals surface area contributed by atoms with E-state index >= 15 is 0 Å². The average molecular weight is 392 g/mol. The van der Waals surface area contributed by atoms with Crippen LogP contribution in [0.4, 0.5) is 13.2 Å². The smallest absolute Gasteiger partial charge is 0.406 e. The molecule has 0 N–H and O–H groups in total. The van der Waals surface area contributed by atoms with E-state index < -0.39 is 24.3 Å². The number of nitrogens with zero attached hydrogens (tertiary/aromatic N) is 4. The summed E-state index contributed by atoms with van der Waals surface area (Å²) in [4.78, 5) is 23.6. The fourth-order valence-electron chi connectivity index (χ4n) is 3.77. The van der Waals surface area contributed by atoms with E-state index in [2.05, 4.69) is 9.97 Å². The Bertz CT molecular complexity index is 1060. The SMILES string of the molecule is Cc1nc(CN2CCCC2c2nc3ccccc3c(=O)n2CC(F)(F)F)co1. The highest BCUT2D eigenvalue weighted by Crippen LogP contribution is 2.33. The molecule has 28 heavy (non-hydrogen) atoms. The Labute approximate surface area is 158 Å². The fourth-order valence-corrected chi connectivity index (χ4v) is 3.77. The van der Waals surface area contributed by atoms with Crippen molar-refractivity contribution in [3.8, 4) is 0 Å². The van der Waals surface area contributed by atoms with Crippen LogP contribution in [0.25, 0.3) is 10.9 Å². The van der Waals surface area contributed by atoms with Gasteiger partial charge < -0.3 is 4.42 Å². The zero-order valence-electron chi connectivity index (χ0n) is 15.2. The molecule has 1 atom stereocenters. The van der Waals surface area contributed by atoms with Crippen LogP contribution < -0.4 is 5.56 Å². The molecule has 9 heteroatoms. The predicted octanol–water partition coefficient (Wildman–Crippen LogP) is 3.59. The van der Waals surface area contributed by atoms with Crippen molar-refractivity contribution in [1.82, 2.24) is 19.4 Å². The van der Waals surface area contributed by atoms with Gasteiger partial charge in [0.05, 0.1) is 22.6 Å². The molecule has 1 fully saturated rings. The first kappa shape index (κ1) is 18.7. The van der Waals surface area contributed by atoms with E-state index in [1.807, 2.05) is 4.90 Å². The Morgan fingerprint density at radius 2 is 2.04 bits per heavy atom. The number of para-hydroxylation sites is 1. The number of aryl methyl sites for hydroxylation is 1. The number of oxazole rings is 1. The molecule has 148 valence electrons. The molecule has 6 nitrogen and oxygen atoms in total. The third-order valence-corrected chi connectivity index (χ3v) is 4.92. The van der Waals surface area contributed by atoms with E-state index in [9.17, 15) is 18.0 Å². The van der Waals surface area contributed by atoms with Crippen LogP contribution in [0, 0.1) is 6.92 Å². The van der Waals surface area contributed by atoms with Crippen molar-refractivity contribution in [1.29, 1.82) is 0 Å². The second-order valence-corrected chi connectivity index (χ2v) is 6.98. The Morgan fingerprint density at radius 1 is 1.25 bits per heavy atom. The molecule has 0 saturated carbocycles. The summed E-state index contributed by atoms with van der Waals surface area (Å²) in [5.74, 6) is 0.683. The molecule has 0 aliphatic carbocycles. The summed E-state index contributed by atoms with van der Waals surface area (Å²) in [5.41, 5.74) is 0.446. The van der Waals surface area contributed by atoms with Crippen LogP contribution in [0.3, 0.4) is 0 Å². The number of fused-ring (bicyclic) bond motifs is 1. The first-order chi connectivity index (χ1) is 13.3. The van der Waals surface area contributed by atoms with Gasteiger partial charge in [-0.1, -0.05) is 12.1 Å². The molecule has 4 rings (SSSR count). The van der Waals surface area contributed by atoms with Crippen LogP contribution >= 0.6 is 0 Å². The van der Waals surface area contributed by atoms with Gasteiger partial charge in [-0.3, -0.25) is 14.3 Å². The lowest BCUT2D eigenvalue weighted by molar-refractivity contribution is -0.142. The summed E-state index contributed by atoms with van der Waals surface area (Å²) in [6.45, 7) is 1.49. The van der Waals surface area contributed by atoms with Crippen molar-refractivity contribution in [2.75, 3.05) is 6.54 Å². The molecule has 0 radical (unpaired) electrons. The van der Waals surface area contributed by atoms with E-state index in [0.29, 0.717) is 36.6 Å². The molecule has 1 aliphatic heterocycles. The van der Waals surface area contributed by atoms with Crippen LogP contribution in [0.5, 0.6) is 0 Å². The Morgan fingerprint density at radius 3 is 2.75 bits per heavy atom. The van der Waals surface area contributed by atoms with Crippen LogP contribution in [-0.2, 0) is 13.1 Å². The highest BCUT2D eigenvalue weighted by molar-refractivity contribution is 5.77. The number of likely N-dealkylation sites (tertiary alicyclic amines) is 1. The Balaban J connectivity index is 1.79. The van der Waals surface area contributed by atoms with Crippen LogP contribution in [0.15, 0.2) is 39.7 Å². The Kier molecular flexibility index (Phi) is 4.70. The van der Waals surface area contributed by atoms with Gasteiger partial charge >= 0.3 is 6.18 Å². The fraction of sp³-hybridized carbons (Fsp3) is 0.421. The van der Waals surface area contributed by atoms with Crippen molar-refractivity contribution in [2.45, 2.75) is 45.1 Å². The predicted molar refractivity (Wildman–Crippen MR) is 95.7 cm³/mol. The minimum Gasteiger partial charge on any atom is -0.449 e. The Hall–Kier alpha value is -2.68. The lowest BCUT2D eigenvalue weighted by Crippen LogP contribution is -2.35. The van der Waals surface area contributed by atoms with Crippen molar-refractivity contribution < 1.29 is 17.6 Å². The summed E-state index contributed by atoms with van der Waals surface area (Å²) >= 11 is 0. The summed E-state index contributed by atoms with van der Waals surface area (Å²) in [6.07, 6.45) is -1.55. The zero-order chi connectivity index (χ0) is 19.9. The molecule has 3 aromatic rings. The molecular weight excluding hydrogens is 373 g/mol. The van der Waals surface area contributed by atoms with Crippen molar-refractivity contribution in [3.05, 3.63) is 58.3 Å². The van der Waals surface area contributed by atoms with Gasteiger partial charge in [-0.25, -0.2) is 9.97 Å². The zero-order valence-corrected chi connectivity index (χ0v) is 15.2. The van der Waals surface area contributed by atoms with Gasteiger partial charge in [0.25, 0.3) is 5.56 Å². The number of hydrogen-bond acceptors (Lipinski definition) is 5. The average Bonchev–Trinajstić information content (AvgIpc) is 3.25. The standard InChI is InChI=1S/C19H19F3N4O2/c1-12-23-13(10-28-12)9-25-8-4-7-16(25)17-24-15-6-3-2-5-14(15)18(27)26(17)11-19(20,21)22/h2-3,5-6,10,16H,4,7-9,11H2,1H3. The largest absolute Gasteiger partial charge is 0.449 e. The van der Waals surface area contributed by atoms with Gasteiger partial charge in [0.15, 0.2) is 5.89 Å². The van der Waals surface area contributed by atoms with E-state index in [0.717, 1.165) is 11.0 Å². The summed E-state index contributed by atoms with van der Waals surface area (Å²) in [5, 5.41) is 0.187. The maximum Gasteiger partial charge on any atom is 0.406 e. The second-order valence-electron chi connectivity index (χ2n) is 6.98. The molecular formula is C19H19F3N4O2. The number of alkyl halides is 3. The molecule has 1 unspecified atom stereocenters. The highest BCUT2D eigenvalue weighted by Gasteiger charge is 2.35. The minimum atomic E-state index is -4.52.